The van der Waals surface area contributed by atoms with Gasteiger partial charge in [-0.15, -0.1) is 11.3 Å². The number of aliphatic hydroxyl groups is 1. The number of aromatic hydroxyl groups is 1. The normalized spacial score (nSPS) is 15.3. The average Bonchev–Trinajstić information content (AvgIpc) is 3.47. The van der Waals surface area contributed by atoms with Crippen molar-refractivity contribution in [2.75, 3.05) is 26.2 Å². The molecule has 0 saturated carbocycles. The quantitative estimate of drug-likeness (QED) is 0.376. The van der Waals surface area contributed by atoms with Gasteiger partial charge in [-0.05, 0) is 84.9 Å². The molecule has 0 bridgehead atoms. The molecule has 4 aromatic rings. The first-order chi connectivity index (χ1) is 15.7. The number of aliphatic hydroxyl groups excluding tert-OH is 1. The van der Waals surface area contributed by atoms with Crippen LogP contribution in [0.15, 0.2) is 72.8 Å². The maximum absolute atomic E-state index is 11.4. The number of nitrogens with zero attached hydrogens (tertiary/aromatic N) is 1. The van der Waals surface area contributed by atoms with Crippen molar-refractivity contribution < 1.29 is 14.9 Å². The van der Waals surface area contributed by atoms with E-state index in [1.165, 1.54) is 25.9 Å². The molecule has 1 atom stereocenters. The second-order valence-corrected chi connectivity index (χ2v) is 9.31. The van der Waals surface area contributed by atoms with Gasteiger partial charge in [0.1, 0.15) is 24.2 Å². The Kier molecular flexibility index (Phi) is 6.12. The minimum atomic E-state index is -0.756. The molecule has 0 radical (unpaired) electrons. The van der Waals surface area contributed by atoms with Crippen LogP contribution in [0.1, 0.15) is 30.1 Å². The van der Waals surface area contributed by atoms with Gasteiger partial charge >= 0.3 is 0 Å². The molecule has 5 heteroatoms. The molecular weight excluding hydrogens is 418 g/mol. The zero-order valence-corrected chi connectivity index (χ0v) is 18.7. The van der Waals surface area contributed by atoms with E-state index in [0.29, 0.717) is 6.61 Å². The number of phenolic OH excluding ortho intramolecular Hbond substituents is 1. The molecular formula is C27H27NO3S. The molecule has 3 aromatic carbocycles. The number of ether oxygens (including phenoxy) is 1. The molecule has 1 aliphatic heterocycles. The van der Waals surface area contributed by atoms with E-state index in [9.17, 15) is 10.2 Å². The molecule has 2 heterocycles. The predicted octanol–water partition coefficient (Wildman–Crippen LogP) is 5.83. The van der Waals surface area contributed by atoms with Gasteiger partial charge in [0, 0.05) is 21.7 Å². The second kappa shape index (κ2) is 9.33. The van der Waals surface area contributed by atoms with Crippen LogP contribution in [0.25, 0.3) is 20.5 Å². The molecule has 5 rings (SSSR count). The smallest absolute Gasteiger partial charge is 0.119 e. The Morgan fingerprint density at radius 1 is 0.906 bits per heavy atom. The van der Waals surface area contributed by atoms with Gasteiger partial charge in [-0.2, -0.15) is 0 Å². The predicted molar refractivity (Wildman–Crippen MR) is 131 cm³/mol. The van der Waals surface area contributed by atoms with Crippen LogP contribution in [0.4, 0.5) is 0 Å². The van der Waals surface area contributed by atoms with Crippen LogP contribution in [0.5, 0.6) is 11.5 Å². The minimum absolute atomic E-state index is 0.234. The summed E-state index contributed by atoms with van der Waals surface area (Å²) < 4.78 is 7.05. The molecule has 0 amide bonds. The fraction of sp³-hybridized carbons (Fsp3) is 0.259. The number of thiophene rings is 1. The summed E-state index contributed by atoms with van der Waals surface area (Å²) in [6.07, 6.45) is 1.82. The summed E-state index contributed by atoms with van der Waals surface area (Å²) in [5.41, 5.74) is 2.72. The lowest BCUT2D eigenvalue weighted by Gasteiger charge is -2.16. The Morgan fingerprint density at radius 3 is 2.38 bits per heavy atom. The van der Waals surface area contributed by atoms with Gasteiger partial charge in [-0.3, -0.25) is 4.90 Å². The van der Waals surface area contributed by atoms with E-state index in [-0.39, 0.29) is 5.75 Å². The van der Waals surface area contributed by atoms with Gasteiger partial charge in [0.25, 0.3) is 0 Å². The van der Waals surface area contributed by atoms with E-state index < -0.39 is 6.10 Å². The Bertz CT molecular complexity index is 1180. The molecule has 0 aliphatic carbocycles. The summed E-state index contributed by atoms with van der Waals surface area (Å²) in [6, 6.07) is 23.1. The van der Waals surface area contributed by atoms with E-state index in [0.717, 1.165) is 43.9 Å². The van der Waals surface area contributed by atoms with Gasteiger partial charge < -0.3 is 14.9 Å². The Morgan fingerprint density at radius 2 is 1.62 bits per heavy atom. The van der Waals surface area contributed by atoms with Crippen molar-refractivity contribution in [2.45, 2.75) is 18.9 Å². The first kappa shape index (κ1) is 21.0. The molecule has 4 nitrogen and oxygen atoms in total. The average molecular weight is 446 g/mol. The molecule has 2 N–H and O–H groups in total. The number of likely N-dealkylation sites (tertiary alicyclic amines) is 1. The van der Waals surface area contributed by atoms with E-state index in [1.54, 1.807) is 23.5 Å². The minimum Gasteiger partial charge on any atom is -0.508 e. The number of benzene rings is 3. The van der Waals surface area contributed by atoms with Gasteiger partial charge in [-0.1, -0.05) is 30.3 Å². The summed E-state index contributed by atoms with van der Waals surface area (Å²) in [5, 5.41) is 22.1. The molecule has 1 aromatic heterocycles. The van der Waals surface area contributed by atoms with Gasteiger partial charge in [0.15, 0.2) is 0 Å². The van der Waals surface area contributed by atoms with Gasteiger partial charge in [0.2, 0.25) is 0 Å². The number of phenols is 1. The molecule has 1 aliphatic rings. The van der Waals surface area contributed by atoms with Crippen LogP contribution in [0.2, 0.25) is 0 Å². The van der Waals surface area contributed by atoms with Crippen molar-refractivity contribution >= 4 is 21.4 Å². The van der Waals surface area contributed by atoms with Crippen molar-refractivity contribution in [1.29, 1.82) is 0 Å². The zero-order chi connectivity index (χ0) is 21.9. The lowest BCUT2D eigenvalue weighted by atomic mass is 9.96. The van der Waals surface area contributed by atoms with Crippen LogP contribution in [-0.4, -0.2) is 41.4 Å². The third-order valence-electron chi connectivity index (χ3n) is 6.11. The van der Waals surface area contributed by atoms with Crippen molar-refractivity contribution in [3.05, 3.63) is 83.9 Å². The number of fused-ring (bicyclic) bond motifs is 1. The maximum atomic E-state index is 11.4. The first-order valence-corrected chi connectivity index (χ1v) is 11.9. The lowest BCUT2D eigenvalue weighted by molar-refractivity contribution is 0.222. The Hall–Kier alpha value is -2.86. The first-order valence-electron chi connectivity index (χ1n) is 11.1. The van der Waals surface area contributed by atoms with Gasteiger partial charge in [0.05, 0.1) is 0 Å². The van der Waals surface area contributed by atoms with E-state index in [4.69, 9.17) is 4.74 Å². The molecule has 0 spiro atoms. The van der Waals surface area contributed by atoms with E-state index >= 15 is 0 Å². The number of hydrogen-bond acceptors (Lipinski definition) is 5. The fourth-order valence-corrected chi connectivity index (χ4v) is 5.62. The Balaban J connectivity index is 1.39. The van der Waals surface area contributed by atoms with Crippen LogP contribution in [-0.2, 0) is 0 Å². The summed E-state index contributed by atoms with van der Waals surface area (Å²) in [6.45, 7) is 3.99. The third kappa shape index (κ3) is 4.37. The molecule has 164 valence electrons. The number of rotatable bonds is 7. The summed E-state index contributed by atoms with van der Waals surface area (Å²) in [7, 11) is 0. The summed E-state index contributed by atoms with van der Waals surface area (Å²) >= 11 is 1.66. The van der Waals surface area contributed by atoms with Crippen LogP contribution >= 0.6 is 11.3 Å². The van der Waals surface area contributed by atoms with Crippen molar-refractivity contribution in [1.82, 2.24) is 4.90 Å². The van der Waals surface area contributed by atoms with Crippen molar-refractivity contribution in [2.24, 2.45) is 0 Å². The highest BCUT2D eigenvalue weighted by atomic mass is 32.1. The standard InChI is InChI=1S/C27H27NO3S/c29-21-11-7-20(8-12-21)27-25(23-5-1-2-6-24(23)32-27)26(30)19-9-13-22(14-10-19)31-18-17-28-15-3-4-16-28/h1-2,5-14,26,29-30H,3-4,15-18H2. The van der Waals surface area contributed by atoms with Crippen LogP contribution in [0, 0.1) is 0 Å². The second-order valence-electron chi connectivity index (χ2n) is 8.26. The highest BCUT2D eigenvalue weighted by Gasteiger charge is 2.22. The SMILES string of the molecule is Oc1ccc(-c2sc3ccccc3c2C(O)c2ccc(OCCN3CCCC3)cc2)cc1. The van der Waals surface area contributed by atoms with E-state index in [2.05, 4.69) is 17.0 Å². The highest BCUT2D eigenvalue weighted by molar-refractivity contribution is 7.22. The van der Waals surface area contributed by atoms with Crippen LogP contribution < -0.4 is 4.74 Å². The van der Waals surface area contributed by atoms with Crippen molar-refractivity contribution in [3.63, 3.8) is 0 Å². The molecule has 1 saturated heterocycles. The molecule has 32 heavy (non-hydrogen) atoms. The van der Waals surface area contributed by atoms with Crippen LogP contribution in [0.3, 0.4) is 0 Å². The third-order valence-corrected chi connectivity index (χ3v) is 7.34. The topological polar surface area (TPSA) is 52.9 Å². The fourth-order valence-electron chi connectivity index (χ4n) is 4.38. The molecule has 1 fully saturated rings. The molecule has 1 unspecified atom stereocenters. The summed E-state index contributed by atoms with van der Waals surface area (Å²) in [4.78, 5) is 3.45. The van der Waals surface area contributed by atoms with Crippen molar-refractivity contribution in [3.8, 4) is 21.9 Å². The maximum Gasteiger partial charge on any atom is 0.119 e. The highest BCUT2D eigenvalue weighted by Crippen LogP contribution is 2.44. The monoisotopic (exact) mass is 445 g/mol. The van der Waals surface area contributed by atoms with E-state index in [1.807, 2.05) is 48.5 Å². The largest absolute Gasteiger partial charge is 0.508 e. The van der Waals surface area contributed by atoms with Gasteiger partial charge in [-0.25, -0.2) is 0 Å². The summed E-state index contributed by atoms with van der Waals surface area (Å²) in [5.74, 6) is 1.06. The number of hydrogen-bond donors (Lipinski definition) is 2. The Labute approximate surface area is 192 Å². The lowest BCUT2D eigenvalue weighted by Crippen LogP contribution is -2.25. The zero-order valence-electron chi connectivity index (χ0n) is 17.9.